The largest absolute Gasteiger partial charge is 0.476 e. The Morgan fingerprint density at radius 2 is 2.00 bits per heavy atom. The molecule has 0 saturated heterocycles. The zero-order chi connectivity index (χ0) is 13.5. The highest BCUT2D eigenvalue weighted by molar-refractivity contribution is 9.10. The number of hydrogen-bond acceptors (Lipinski definition) is 4. The van der Waals surface area contributed by atoms with Gasteiger partial charge >= 0.3 is 5.97 Å². The molecule has 0 aromatic carbocycles. The van der Waals surface area contributed by atoms with Gasteiger partial charge in [-0.15, -0.1) is 0 Å². The van der Waals surface area contributed by atoms with Crippen LogP contribution < -0.4 is 0 Å². The normalized spacial score (nSPS) is 19.3. The van der Waals surface area contributed by atoms with E-state index in [2.05, 4.69) is 21.1 Å². The Morgan fingerprint density at radius 3 is 2.50 bits per heavy atom. The number of hydrogen-bond donors (Lipinski definition) is 1. The monoisotopic (exact) mass is 319 g/mol. The van der Waals surface area contributed by atoms with Gasteiger partial charge in [0.15, 0.2) is 0 Å². The molecule has 1 atom stereocenters. The van der Waals surface area contributed by atoms with Gasteiger partial charge in [-0.1, -0.05) is 34.4 Å². The van der Waals surface area contributed by atoms with Crippen LogP contribution in [0.1, 0.15) is 45.4 Å². The van der Waals surface area contributed by atoms with Gasteiger partial charge in [0.1, 0.15) is 6.10 Å². The molecule has 1 aliphatic carbocycles. The van der Waals surface area contributed by atoms with Gasteiger partial charge in [-0.3, -0.25) is 4.79 Å². The van der Waals surface area contributed by atoms with Crippen molar-refractivity contribution in [2.45, 2.75) is 56.4 Å². The fraction of sp³-hybridized carbons (Fsp3) is 0.750. The second-order valence-corrected chi connectivity index (χ2v) is 5.46. The lowest BCUT2D eigenvalue weighted by Crippen LogP contribution is -2.31. The summed E-state index contributed by atoms with van der Waals surface area (Å²) >= 11 is 3.13. The van der Waals surface area contributed by atoms with Crippen molar-refractivity contribution in [2.24, 2.45) is 5.16 Å². The number of carbonyl (C=O) groups is 2. The minimum absolute atomic E-state index is 0.0590. The summed E-state index contributed by atoms with van der Waals surface area (Å²) in [6.07, 6.45) is 5.49. The van der Waals surface area contributed by atoms with Crippen molar-refractivity contribution in [3.05, 3.63) is 0 Å². The standard InChI is InChI=1S/C12H18BrNO4/c1-2-9(13)11(15)10(12(16)17)14-18-8-6-4-3-5-7-8/h8-9H,2-7H2,1H3,(H,16,17). The first-order valence-electron chi connectivity index (χ1n) is 6.21. The molecular weight excluding hydrogens is 302 g/mol. The Kier molecular flexibility index (Phi) is 6.32. The Labute approximate surface area is 115 Å². The van der Waals surface area contributed by atoms with E-state index in [1.54, 1.807) is 6.92 Å². The number of alkyl halides is 1. The summed E-state index contributed by atoms with van der Waals surface area (Å²) in [5.74, 6) is -1.88. The number of Topliss-reactive ketones (excluding diaryl/α,β-unsaturated/α-hetero) is 1. The zero-order valence-electron chi connectivity index (χ0n) is 10.4. The maximum absolute atomic E-state index is 11.7. The van der Waals surface area contributed by atoms with E-state index in [0.29, 0.717) is 6.42 Å². The Hall–Kier alpha value is -0.910. The van der Waals surface area contributed by atoms with E-state index in [9.17, 15) is 9.59 Å². The smallest absolute Gasteiger partial charge is 0.361 e. The third kappa shape index (κ3) is 4.40. The van der Waals surface area contributed by atoms with Crippen molar-refractivity contribution >= 4 is 33.4 Å². The van der Waals surface area contributed by atoms with Crippen molar-refractivity contribution in [3.63, 3.8) is 0 Å². The van der Waals surface area contributed by atoms with Crippen LogP contribution in [-0.2, 0) is 14.4 Å². The number of oxime groups is 1. The van der Waals surface area contributed by atoms with E-state index in [1.165, 1.54) is 6.42 Å². The van der Waals surface area contributed by atoms with Crippen LogP contribution in [0.4, 0.5) is 0 Å². The van der Waals surface area contributed by atoms with Crippen LogP contribution in [-0.4, -0.2) is 33.5 Å². The molecule has 1 unspecified atom stereocenters. The molecule has 0 aromatic heterocycles. The number of carbonyl (C=O) groups excluding carboxylic acids is 1. The first-order chi connectivity index (χ1) is 8.56. The van der Waals surface area contributed by atoms with Gasteiger partial charge in [0.05, 0.1) is 4.83 Å². The minimum atomic E-state index is -1.34. The Bertz CT molecular complexity index is 337. The van der Waals surface area contributed by atoms with E-state index >= 15 is 0 Å². The van der Waals surface area contributed by atoms with Gasteiger partial charge in [0.2, 0.25) is 11.5 Å². The predicted molar refractivity (Wildman–Crippen MR) is 71.0 cm³/mol. The van der Waals surface area contributed by atoms with Crippen LogP contribution in [0.15, 0.2) is 5.16 Å². The van der Waals surface area contributed by atoms with E-state index < -0.39 is 22.3 Å². The van der Waals surface area contributed by atoms with Gasteiger partial charge in [0, 0.05) is 0 Å². The molecule has 0 heterocycles. The highest BCUT2D eigenvalue weighted by Crippen LogP contribution is 2.20. The summed E-state index contributed by atoms with van der Waals surface area (Å²) in [5.41, 5.74) is -0.524. The molecule has 0 aromatic rings. The lowest BCUT2D eigenvalue weighted by molar-refractivity contribution is -0.130. The van der Waals surface area contributed by atoms with Crippen LogP contribution in [0.3, 0.4) is 0 Å². The maximum atomic E-state index is 11.7. The highest BCUT2D eigenvalue weighted by Gasteiger charge is 2.27. The zero-order valence-corrected chi connectivity index (χ0v) is 12.0. The number of carboxylic acid groups (broad SMARTS) is 1. The van der Waals surface area contributed by atoms with Crippen LogP contribution in [0.25, 0.3) is 0 Å². The van der Waals surface area contributed by atoms with E-state index in [1.807, 2.05) is 0 Å². The second-order valence-electron chi connectivity index (χ2n) is 4.35. The number of rotatable bonds is 6. The Morgan fingerprint density at radius 1 is 1.39 bits per heavy atom. The van der Waals surface area contributed by atoms with E-state index in [4.69, 9.17) is 9.94 Å². The average molecular weight is 320 g/mol. The quantitative estimate of drug-likeness (QED) is 0.353. The molecule has 1 aliphatic rings. The average Bonchev–Trinajstić information content (AvgIpc) is 2.38. The Balaban J connectivity index is 2.65. The third-order valence-electron chi connectivity index (χ3n) is 2.92. The second kappa shape index (κ2) is 7.51. The molecular formula is C12H18BrNO4. The topological polar surface area (TPSA) is 76.0 Å². The van der Waals surface area contributed by atoms with Crippen LogP contribution in [0.5, 0.6) is 0 Å². The maximum Gasteiger partial charge on any atom is 0.361 e. The summed E-state index contributed by atoms with van der Waals surface area (Å²) < 4.78 is 0. The van der Waals surface area contributed by atoms with Gasteiger partial charge in [0.25, 0.3) is 0 Å². The summed E-state index contributed by atoms with van der Waals surface area (Å²) in [6.45, 7) is 1.79. The van der Waals surface area contributed by atoms with Crippen molar-refractivity contribution in [3.8, 4) is 0 Å². The first kappa shape index (κ1) is 15.1. The molecule has 0 spiro atoms. The molecule has 0 aliphatic heterocycles. The van der Waals surface area contributed by atoms with E-state index in [-0.39, 0.29) is 6.10 Å². The molecule has 0 radical (unpaired) electrons. The summed E-state index contributed by atoms with van der Waals surface area (Å²) in [5, 5.41) is 12.5. The van der Waals surface area contributed by atoms with Crippen molar-refractivity contribution in [1.29, 1.82) is 0 Å². The van der Waals surface area contributed by atoms with Crippen molar-refractivity contribution in [2.75, 3.05) is 0 Å². The summed E-state index contributed by atoms with van der Waals surface area (Å²) in [6, 6.07) is 0. The molecule has 102 valence electrons. The van der Waals surface area contributed by atoms with Crippen LogP contribution >= 0.6 is 15.9 Å². The van der Waals surface area contributed by atoms with Gasteiger partial charge in [-0.25, -0.2) is 4.79 Å². The molecule has 0 bridgehead atoms. The van der Waals surface area contributed by atoms with Crippen molar-refractivity contribution in [1.82, 2.24) is 0 Å². The minimum Gasteiger partial charge on any atom is -0.476 e. The number of ketones is 1. The van der Waals surface area contributed by atoms with E-state index in [0.717, 1.165) is 25.7 Å². The fourth-order valence-electron chi connectivity index (χ4n) is 1.82. The first-order valence-corrected chi connectivity index (χ1v) is 7.13. The highest BCUT2D eigenvalue weighted by atomic mass is 79.9. The predicted octanol–water partition coefficient (Wildman–Crippen LogP) is 2.52. The lowest BCUT2D eigenvalue weighted by Gasteiger charge is -2.19. The number of nitrogens with zero attached hydrogens (tertiary/aromatic N) is 1. The number of aliphatic carboxylic acids is 1. The van der Waals surface area contributed by atoms with Gasteiger partial charge in [-0.2, -0.15) is 0 Å². The molecule has 1 fully saturated rings. The molecule has 5 nitrogen and oxygen atoms in total. The molecule has 1 saturated carbocycles. The number of carboxylic acids is 1. The molecule has 1 N–H and O–H groups in total. The molecule has 0 amide bonds. The molecule has 18 heavy (non-hydrogen) atoms. The third-order valence-corrected chi connectivity index (χ3v) is 3.99. The van der Waals surface area contributed by atoms with Gasteiger partial charge < -0.3 is 9.94 Å². The number of halogens is 1. The summed E-state index contributed by atoms with van der Waals surface area (Å²) in [4.78, 5) is 27.4. The summed E-state index contributed by atoms with van der Waals surface area (Å²) in [7, 11) is 0. The van der Waals surface area contributed by atoms with Crippen molar-refractivity contribution < 1.29 is 19.5 Å². The van der Waals surface area contributed by atoms with Gasteiger partial charge in [-0.05, 0) is 32.1 Å². The molecule has 1 rings (SSSR count). The van der Waals surface area contributed by atoms with Crippen LogP contribution in [0.2, 0.25) is 0 Å². The SMILES string of the molecule is CCC(Br)C(=O)C(=NOC1CCCCC1)C(=O)O. The van der Waals surface area contributed by atoms with Crippen LogP contribution in [0, 0.1) is 0 Å². The fourth-order valence-corrected chi connectivity index (χ4v) is 2.04. The lowest BCUT2D eigenvalue weighted by atomic mass is 9.98. The molecule has 6 heteroatoms.